The highest BCUT2D eigenvalue weighted by molar-refractivity contribution is 5.88. The monoisotopic (exact) mass is 394 g/mol. The van der Waals surface area contributed by atoms with Crippen LogP contribution in [0.25, 0.3) is 0 Å². The minimum absolute atomic E-state index is 0.0815. The molecule has 0 radical (unpaired) electrons. The molecule has 0 spiro atoms. The van der Waals surface area contributed by atoms with Crippen molar-refractivity contribution in [1.29, 1.82) is 0 Å². The Morgan fingerprint density at radius 2 is 1.21 bits per heavy atom. The lowest BCUT2D eigenvalue weighted by molar-refractivity contribution is -0.173. The Labute approximate surface area is 172 Å². The molecule has 0 atom stereocenters. The fourth-order valence-corrected chi connectivity index (χ4v) is 5.21. The normalized spacial score (nSPS) is 25.3. The third-order valence-corrected chi connectivity index (χ3v) is 4.95. The molecule has 0 N–H and O–H groups in total. The maximum atomic E-state index is 11.1. The van der Waals surface area contributed by atoms with Crippen molar-refractivity contribution >= 4 is 11.6 Å². The second kappa shape index (κ2) is 8.79. The quantitative estimate of drug-likeness (QED) is 0.566. The Balaban J connectivity index is 0.000000280. The van der Waals surface area contributed by atoms with Gasteiger partial charge < -0.3 is 14.3 Å². The van der Waals surface area contributed by atoms with Gasteiger partial charge in [-0.05, 0) is 107 Å². The number of carbonyl (C=O) groups is 2. The van der Waals surface area contributed by atoms with Gasteiger partial charge in [0.25, 0.3) is 0 Å². The zero-order valence-electron chi connectivity index (χ0n) is 19.8. The molecule has 4 heteroatoms. The molecule has 2 heterocycles. The minimum atomic E-state index is -0.150. The summed E-state index contributed by atoms with van der Waals surface area (Å²) < 4.78 is 11.9. The van der Waals surface area contributed by atoms with Crippen LogP contribution in [0.5, 0.6) is 0 Å². The first-order chi connectivity index (χ1) is 12.4. The molecule has 0 aromatic carbocycles. The molecule has 0 saturated carbocycles. The third kappa shape index (κ3) is 9.47. The van der Waals surface area contributed by atoms with Crippen LogP contribution in [-0.4, -0.2) is 34.0 Å². The van der Waals surface area contributed by atoms with Crippen LogP contribution in [0, 0.1) is 5.92 Å². The van der Waals surface area contributed by atoms with Crippen LogP contribution in [0.2, 0.25) is 0 Å². The van der Waals surface area contributed by atoms with E-state index in [2.05, 4.69) is 55.4 Å². The summed E-state index contributed by atoms with van der Waals surface area (Å²) in [4.78, 5) is 22.1. The average Bonchev–Trinajstić information content (AvgIpc) is 2.28. The molecule has 0 amide bonds. The summed E-state index contributed by atoms with van der Waals surface area (Å²) in [5.74, 6) is 0.920. The van der Waals surface area contributed by atoms with Crippen molar-refractivity contribution in [3.63, 3.8) is 0 Å². The maximum Gasteiger partial charge on any atom is 0.152 e. The Morgan fingerprint density at radius 3 is 1.57 bits per heavy atom. The minimum Gasteiger partial charge on any atom is -0.370 e. The molecule has 0 aromatic heterocycles. The van der Waals surface area contributed by atoms with Gasteiger partial charge in [-0.3, -0.25) is 4.79 Å². The number of rotatable bonds is 3. The summed E-state index contributed by atoms with van der Waals surface area (Å²) in [6.07, 6.45) is 6.17. The topological polar surface area (TPSA) is 52.6 Å². The van der Waals surface area contributed by atoms with Gasteiger partial charge in [-0.2, -0.15) is 0 Å². The summed E-state index contributed by atoms with van der Waals surface area (Å²) in [6.45, 7) is 20.0. The van der Waals surface area contributed by atoms with E-state index in [1.54, 1.807) is 19.9 Å². The van der Waals surface area contributed by atoms with Gasteiger partial charge in [-0.1, -0.05) is 5.57 Å². The predicted molar refractivity (Wildman–Crippen MR) is 115 cm³/mol. The second-order valence-corrected chi connectivity index (χ2v) is 11.2. The van der Waals surface area contributed by atoms with Crippen LogP contribution in [0.3, 0.4) is 0 Å². The van der Waals surface area contributed by atoms with E-state index in [1.165, 1.54) is 5.57 Å². The SMILES string of the molecule is CC(=O)C=C1CC(C)(C)OC(C)(C)C1.CC(=O)CC1CC(C)(C)OC(C)(C)C1. The Morgan fingerprint density at radius 1 is 0.821 bits per heavy atom. The van der Waals surface area contributed by atoms with Gasteiger partial charge in [-0.15, -0.1) is 0 Å². The van der Waals surface area contributed by atoms with Crippen molar-refractivity contribution in [2.45, 2.75) is 124 Å². The van der Waals surface area contributed by atoms with Crippen LogP contribution < -0.4 is 0 Å². The number of ketones is 2. The predicted octanol–water partition coefficient (Wildman–Crippen LogP) is 5.82. The molecule has 0 aromatic rings. The van der Waals surface area contributed by atoms with Gasteiger partial charge in [0.2, 0.25) is 0 Å². The summed E-state index contributed by atoms with van der Waals surface area (Å²) in [6, 6.07) is 0. The maximum absolute atomic E-state index is 11.1. The fraction of sp³-hybridized carbons (Fsp3) is 0.833. The highest BCUT2D eigenvalue weighted by atomic mass is 16.5. The van der Waals surface area contributed by atoms with Crippen LogP contribution in [0.1, 0.15) is 101 Å². The molecular formula is C24H42O4. The second-order valence-electron chi connectivity index (χ2n) is 11.2. The van der Waals surface area contributed by atoms with E-state index in [4.69, 9.17) is 9.47 Å². The summed E-state index contributed by atoms with van der Waals surface area (Å²) >= 11 is 0. The Kier molecular flexibility index (Phi) is 7.86. The van der Waals surface area contributed by atoms with Gasteiger partial charge in [0.15, 0.2) is 5.78 Å². The van der Waals surface area contributed by atoms with Crippen LogP contribution in [0.15, 0.2) is 11.6 Å². The summed E-state index contributed by atoms with van der Waals surface area (Å²) in [5, 5.41) is 0. The van der Waals surface area contributed by atoms with Crippen LogP contribution in [-0.2, 0) is 19.1 Å². The third-order valence-electron chi connectivity index (χ3n) is 4.95. The van der Waals surface area contributed by atoms with Gasteiger partial charge in [0.1, 0.15) is 5.78 Å². The molecule has 0 bridgehead atoms. The highest BCUT2D eigenvalue weighted by Crippen LogP contribution is 2.40. The van der Waals surface area contributed by atoms with E-state index < -0.39 is 0 Å². The van der Waals surface area contributed by atoms with Gasteiger partial charge >= 0.3 is 0 Å². The molecule has 0 unspecified atom stereocenters. The molecule has 2 rings (SSSR count). The van der Waals surface area contributed by atoms with E-state index in [9.17, 15) is 9.59 Å². The molecule has 0 aliphatic carbocycles. The first-order valence-corrected chi connectivity index (χ1v) is 10.5. The first kappa shape index (κ1) is 25.0. The molecule has 28 heavy (non-hydrogen) atoms. The van der Waals surface area contributed by atoms with E-state index in [-0.39, 0.29) is 28.2 Å². The van der Waals surface area contributed by atoms with Crippen molar-refractivity contribution < 1.29 is 19.1 Å². The van der Waals surface area contributed by atoms with Crippen molar-refractivity contribution in [1.82, 2.24) is 0 Å². The van der Waals surface area contributed by atoms with Crippen LogP contribution in [0.4, 0.5) is 0 Å². The number of hydrogen-bond donors (Lipinski definition) is 0. The molecule has 2 aliphatic rings. The molecule has 162 valence electrons. The lowest BCUT2D eigenvalue weighted by Crippen LogP contribution is -2.45. The number of Topliss-reactive ketones (excluding diaryl/α,β-unsaturated/α-hetero) is 1. The number of carbonyl (C=O) groups excluding carboxylic acids is 2. The first-order valence-electron chi connectivity index (χ1n) is 10.5. The van der Waals surface area contributed by atoms with Crippen molar-refractivity contribution in [3.8, 4) is 0 Å². The molecule has 2 saturated heterocycles. The lowest BCUT2D eigenvalue weighted by Gasteiger charge is -2.45. The highest BCUT2D eigenvalue weighted by Gasteiger charge is 2.39. The fourth-order valence-electron chi connectivity index (χ4n) is 5.21. The standard InChI is InChI=1S/C12H22O2.C12H20O2/c2*1-9(13)6-10-7-11(2,3)14-12(4,5)8-10/h10H,6-8H2,1-5H3;6H,7-8H2,1-5H3. The van der Waals surface area contributed by atoms with Gasteiger partial charge in [0.05, 0.1) is 22.4 Å². The Hall–Kier alpha value is -1.00. The van der Waals surface area contributed by atoms with Crippen LogP contribution >= 0.6 is 0 Å². The molecule has 2 fully saturated rings. The van der Waals surface area contributed by atoms with E-state index in [0.717, 1.165) is 25.7 Å². The van der Waals surface area contributed by atoms with E-state index in [0.29, 0.717) is 18.1 Å². The molecule has 2 aliphatic heterocycles. The smallest absolute Gasteiger partial charge is 0.152 e. The van der Waals surface area contributed by atoms with E-state index >= 15 is 0 Å². The lowest BCUT2D eigenvalue weighted by atomic mass is 9.78. The van der Waals surface area contributed by atoms with Gasteiger partial charge in [0, 0.05) is 6.42 Å². The van der Waals surface area contributed by atoms with E-state index in [1.807, 2.05) is 0 Å². The Bertz CT molecular complexity index is 574. The van der Waals surface area contributed by atoms with Gasteiger partial charge in [-0.25, -0.2) is 0 Å². The average molecular weight is 395 g/mol. The molecule has 4 nitrogen and oxygen atoms in total. The zero-order valence-corrected chi connectivity index (χ0v) is 19.8. The number of allylic oxidation sites excluding steroid dienone is 1. The zero-order chi connectivity index (χ0) is 22.0. The van der Waals surface area contributed by atoms with Crippen molar-refractivity contribution in [3.05, 3.63) is 11.6 Å². The number of hydrogen-bond acceptors (Lipinski definition) is 4. The van der Waals surface area contributed by atoms with Crippen molar-refractivity contribution in [2.24, 2.45) is 5.92 Å². The summed E-state index contributed by atoms with van der Waals surface area (Å²) in [5.41, 5.74) is 0.745. The van der Waals surface area contributed by atoms with Crippen molar-refractivity contribution in [2.75, 3.05) is 0 Å². The summed E-state index contributed by atoms with van der Waals surface area (Å²) in [7, 11) is 0. The largest absolute Gasteiger partial charge is 0.370 e. The molecular weight excluding hydrogens is 352 g/mol. The number of ether oxygens (including phenoxy) is 2.